The third-order valence-electron chi connectivity index (χ3n) is 5.27. The number of hydrogen-bond acceptors (Lipinski definition) is 7. The predicted molar refractivity (Wildman–Crippen MR) is 148 cm³/mol. The molecule has 0 aliphatic carbocycles. The third kappa shape index (κ3) is 6.02. The van der Waals surface area contributed by atoms with E-state index in [4.69, 9.17) is 39.2 Å². The second kappa shape index (κ2) is 11.7. The average Bonchev–Trinajstić information content (AvgIpc) is 3.65. The summed E-state index contributed by atoms with van der Waals surface area (Å²) in [6.07, 6.45) is 2.17. The van der Waals surface area contributed by atoms with Crippen LogP contribution in [0.3, 0.4) is 0 Å². The number of thiazole rings is 1. The van der Waals surface area contributed by atoms with Crippen molar-refractivity contribution < 1.29 is 9.21 Å². The standard InChI is InChI=1S/C25H18Cl3N5O2S2/c26-16-8-7-15(18(28)12-16)9-10-29-24(34)19-13-36-22(30-19)14-37-25-32-31-23(21-6-3-11-35-21)33(25)20-5-2-1-4-17(20)27/h1-8,11-13H,9-10,14H2,(H,29,34). The lowest BCUT2D eigenvalue weighted by Crippen LogP contribution is -2.26. The monoisotopic (exact) mass is 589 g/mol. The van der Waals surface area contributed by atoms with Gasteiger partial charge in [0.05, 0.1) is 22.7 Å². The van der Waals surface area contributed by atoms with Crippen molar-refractivity contribution in [1.29, 1.82) is 0 Å². The van der Waals surface area contributed by atoms with Gasteiger partial charge in [-0.15, -0.1) is 21.5 Å². The summed E-state index contributed by atoms with van der Waals surface area (Å²) in [6.45, 7) is 0.429. The summed E-state index contributed by atoms with van der Waals surface area (Å²) in [7, 11) is 0. The van der Waals surface area contributed by atoms with Gasteiger partial charge in [0.25, 0.3) is 5.91 Å². The quantitative estimate of drug-likeness (QED) is 0.183. The van der Waals surface area contributed by atoms with Crippen LogP contribution in [-0.4, -0.2) is 32.2 Å². The van der Waals surface area contributed by atoms with E-state index in [0.717, 1.165) is 16.3 Å². The van der Waals surface area contributed by atoms with Gasteiger partial charge in [0.15, 0.2) is 10.9 Å². The van der Waals surface area contributed by atoms with Gasteiger partial charge in [-0.1, -0.05) is 64.8 Å². The second-order valence-electron chi connectivity index (χ2n) is 7.73. The summed E-state index contributed by atoms with van der Waals surface area (Å²) >= 11 is 21.5. The number of amides is 1. The van der Waals surface area contributed by atoms with Gasteiger partial charge >= 0.3 is 0 Å². The van der Waals surface area contributed by atoms with Crippen molar-refractivity contribution in [3.63, 3.8) is 0 Å². The molecule has 0 aliphatic heterocycles. The van der Waals surface area contributed by atoms with Crippen LogP contribution in [0.25, 0.3) is 17.3 Å². The van der Waals surface area contributed by atoms with E-state index in [-0.39, 0.29) is 5.91 Å². The number of rotatable bonds is 9. The van der Waals surface area contributed by atoms with E-state index >= 15 is 0 Å². The van der Waals surface area contributed by atoms with Crippen molar-refractivity contribution in [3.05, 3.63) is 97.6 Å². The Kier molecular flexibility index (Phi) is 8.17. The topological polar surface area (TPSA) is 85.8 Å². The Bertz CT molecular complexity index is 1540. The Morgan fingerprint density at radius 1 is 1.05 bits per heavy atom. The van der Waals surface area contributed by atoms with Crippen LogP contribution in [0.15, 0.2) is 75.8 Å². The number of hydrogen-bond donors (Lipinski definition) is 1. The zero-order valence-electron chi connectivity index (χ0n) is 19.0. The van der Waals surface area contributed by atoms with Crippen LogP contribution in [0, 0.1) is 0 Å². The molecule has 3 aromatic heterocycles. The van der Waals surface area contributed by atoms with Gasteiger partial charge in [0.2, 0.25) is 5.82 Å². The van der Waals surface area contributed by atoms with E-state index < -0.39 is 0 Å². The molecule has 0 aliphatic rings. The van der Waals surface area contributed by atoms with Gasteiger partial charge in [0.1, 0.15) is 10.7 Å². The van der Waals surface area contributed by atoms with Crippen LogP contribution in [0.5, 0.6) is 0 Å². The van der Waals surface area contributed by atoms with Crippen LogP contribution in [0.1, 0.15) is 21.1 Å². The lowest BCUT2D eigenvalue weighted by Gasteiger charge is -2.10. The first-order valence-electron chi connectivity index (χ1n) is 11.0. The molecular formula is C25H18Cl3N5O2S2. The lowest BCUT2D eigenvalue weighted by atomic mass is 10.1. The summed E-state index contributed by atoms with van der Waals surface area (Å²) in [5.41, 5.74) is 2.02. The number of nitrogens with zero attached hydrogens (tertiary/aromatic N) is 4. The van der Waals surface area contributed by atoms with E-state index in [9.17, 15) is 4.79 Å². The first-order valence-corrected chi connectivity index (χ1v) is 14.0. The molecule has 0 saturated carbocycles. The number of nitrogens with one attached hydrogen (secondary N) is 1. The molecule has 37 heavy (non-hydrogen) atoms. The van der Waals surface area contributed by atoms with Crippen LogP contribution >= 0.6 is 57.9 Å². The second-order valence-corrected chi connectivity index (χ2v) is 10.9. The first kappa shape index (κ1) is 25.8. The Morgan fingerprint density at radius 3 is 2.70 bits per heavy atom. The molecule has 0 fully saturated rings. The smallest absolute Gasteiger partial charge is 0.270 e. The van der Waals surface area contributed by atoms with Crippen molar-refractivity contribution in [2.75, 3.05) is 6.54 Å². The molecule has 1 N–H and O–H groups in total. The summed E-state index contributed by atoms with van der Waals surface area (Å²) < 4.78 is 7.41. The van der Waals surface area contributed by atoms with Crippen molar-refractivity contribution in [2.24, 2.45) is 0 Å². The van der Waals surface area contributed by atoms with E-state index in [1.54, 1.807) is 29.8 Å². The van der Waals surface area contributed by atoms with Gasteiger partial charge in [-0.2, -0.15) is 0 Å². The molecule has 188 valence electrons. The third-order valence-corrected chi connectivity index (χ3v) is 8.15. The van der Waals surface area contributed by atoms with E-state index in [0.29, 0.717) is 56.2 Å². The summed E-state index contributed by atoms with van der Waals surface area (Å²) in [5, 5.41) is 16.5. The molecule has 5 rings (SSSR count). The Morgan fingerprint density at radius 2 is 1.92 bits per heavy atom. The molecule has 0 radical (unpaired) electrons. The maximum Gasteiger partial charge on any atom is 0.270 e. The highest BCUT2D eigenvalue weighted by molar-refractivity contribution is 7.98. The molecule has 3 heterocycles. The Labute approximate surface area is 235 Å². The largest absolute Gasteiger partial charge is 0.461 e. The van der Waals surface area contributed by atoms with E-state index in [1.165, 1.54) is 23.1 Å². The average molecular weight is 591 g/mol. The number of carbonyl (C=O) groups excluding carboxylic acids is 1. The van der Waals surface area contributed by atoms with Crippen LogP contribution < -0.4 is 5.32 Å². The zero-order valence-corrected chi connectivity index (χ0v) is 22.9. The number of benzene rings is 2. The van der Waals surface area contributed by atoms with Gasteiger partial charge < -0.3 is 9.73 Å². The Balaban J connectivity index is 1.25. The van der Waals surface area contributed by atoms with E-state index in [1.807, 2.05) is 41.0 Å². The SMILES string of the molecule is O=C(NCCc1ccc(Cl)cc1Cl)c1csc(CSc2nnc(-c3ccco3)n2-c2ccccc2Cl)n1. The molecule has 1 amide bonds. The Hall–Kier alpha value is -2.82. The van der Waals surface area contributed by atoms with Crippen molar-refractivity contribution in [3.8, 4) is 17.3 Å². The molecule has 2 aromatic carbocycles. The number of thioether (sulfide) groups is 1. The minimum absolute atomic E-state index is 0.239. The van der Waals surface area contributed by atoms with Gasteiger partial charge in [-0.05, 0) is 48.4 Å². The van der Waals surface area contributed by atoms with Crippen LogP contribution in [0.4, 0.5) is 0 Å². The molecule has 0 bridgehead atoms. The molecule has 7 nitrogen and oxygen atoms in total. The number of furan rings is 1. The highest BCUT2D eigenvalue weighted by Gasteiger charge is 2.20. The molecule has 0 saturated heterocycles. The van der Waals surface area contributed by atoms with Crippen molar-refractivity contribution >= 4 is 63.8 Å². The fraction of sp³-hybridized carbons (Fsp3) is 0.120. The summed E-state index contributed by atoms with van der Waals surface area (Å²) in [4.78, 5) is 17.1. The number of aromatic nitrogens is 4. The molecule has 5 aromatic rings. The summed E-state index contributed by atoms with van der Waals surface area (Å²) in [6, 6.07) is 16.4. The minimum atomic E-state index is -0.239. The molecule has 0 spiro atoms. The highest BCUT2D eigenvalue weighted by Crippen LogP contribution is 2.33. The van der Waals surface area contributed by atoms with Gasteiger partial charge in [-0.25, -0.2) is 4.98 Å². The highest BCUT2D eigenvalue weighted by atomic mass is 35.5. The number of halogens is 3. The maximum absolute atomic E-state index is 12.6. The van der Waals surface area contributed by atoms with Crippen LogP contribution in [-0.2, 0) is 12.2 Å². The maximum atomic E-state index is 12.6. The van der Waals surface area contributed by atoms with Gasteiger partial charge in [0, 0.05) is 22.0 Å². The molecule has 0 unspecified atom stereocenters. The number of para-hydroxylation sites is 1. The minimum Gasteiger partial charge on any atom is -0.461 e. The zero-order chi connectivity index (χ0) is 25.8. The normalized spacial score (nSPS) is 11.1. The van der Waals surface area contributed by atoms with Gasteiger partial charge in [-0.3, -0.25) is 9.36 Å². The molecular weight excluding hydrogens is 573 g/mol. The molecule has 12 heteroatoms. The van der Waals surface area contributed by atoms with Crippen LogP contribution in [0.2, 0.25) is 15.1 Å². The van der Waals surface area contributed by atoms with E-state index in [2.05, 4.69) is 20.5 Å². The first-order chi connectivity index (χ1) is 18.0. The lowest BCUT2D eigenvalue weighted by molar-refractivity contribution is 0.0949. The number of carbonyl (C=O) groups is 1. The van der Waals surface area contributed by atoms with Crippen molar-refractivity contribution in [1.82, 2.24) is 25.1 Å². The van der Waals surface area contributed by atoms with Crippen molar-refractivity contribution in [2.45, 2.75) is 17.3 Å². The fourth-order valence-electron chi connectivity index (χ4n) is 3.51. The fourth-order valence-corrected chi connectivity index (χ4v) is 5.97. The summed E-state index contributed by atoms with van der Waals surface area (Å²) in [5.74, 6) is 1.38. The molecule has 0 atom stereocenters. The predicted octanol–water partition coefficient (Wildman–Crippen LogP) is 7.21.